The Morgan fingerprint density at radius 2 is 1.08 bits per heavy atom. The Labute approximate surface area is 204 Å². The van der Waals surface area contributed by atoms with Crippen molar-refractivity contribution in [1.29, 1.82) is 0 Å². The molecule has 0 atom stereocenters. The van der Waals surface area contributed by atoms with E-state index in [4.69, 9.17) is 13.7 Å². The summed E-state index contributed by atoms with van der Waals surface area (Å²) in [6.07, 6.45) is -5.03. The zero-order chi connectivity index (χ0) is 26.6. The lowest BCUT2D eigenvalue weighted by Crippen LogP contribution is -2.25. The van der Waals surface area contributed by atoms with Crippen LogP contribution in [0.5, 0.6) is 17.2 Å². The summed E-state index contributed by atoms with van der Waals surface area (Å²) in [5, 5.41) is 2.83. The molecule has 0 aliphatic carbocycles. The van der Waals surface area contributed by atoms with Crippen molar-refractivity contribution in [2.75, 3.05) is 14.2 Å². The highest BCUT2D eigenvalue weighted by atomic mass is 32.2. The van der Waals surface area contributed by atoms with Gasteiger partial charge in [0, 0.05) is 5.56 Å². The predicted molar refractivity (Wildman–Crippen MR) is 121 cm³/mol. The van der Waals surface area contributed by atoms with Gasteiger partial charge in [0.05, 0.1) is 14.2 Å². The maximum absolute atomic E-state index is 13.4. The van der Waals surface area contributed by atoms with Gasteiger partial charge in [-0.1, -0.05) is 5.16 Å². The lowest BCUT2D eigenvalue weighted by molar-refractivity contribution is -0.0597. The van der Waals surface area contributed by atoms with Gasteiger partial charge in [-0.05, 0) is 72.8 Å². The highest BCUT2D eigenvalue weighted by Crippen LogP contribution is 2.26. The van der Waals surface area contributed by atoms with Crippen LogP contribution < -0.4 is 13.7 Å². The van der Waals surface area contributed by atoms with Crippen molar-refractivity contribution in [3.63, 3.8) is 0 Å². The second-order valence-corrected chi connectivity index (χ2v) is 9.95. The molecule has 0 aliphatic heterocycles. The van der Waals surface area contributed by atoms with Crippen LogP contribution >= 0.6 is 0 Å². The first-order valence-electron chi connectivity index (χ1n) is 9.77. The Balaban J connectivity index is 1.79. The van der Waals surface area contributed by atoms with Crippen molar-refractivity contribution in [1.82, 2.24) is 0 Å². The number of nitrogens with zero attached hydrogens (tertiary/aromatic N) is 1. The van der Waals surface area contributed by atoms with Crippen molar-refractivity contribution in [2.24, 2.45) is 5.16 Å². The number of hydrogen-bond donors (Lipinski definition) is 0. The van der Waals surface area contributed by atoms with Gasteiger partial charge in [0.1, 0.15) is 27.0 Å². The molecule has 0 saturated heterocycles. The molecule has 0 aromatic heterocycles. The number of methoxy groups -OCH3 is 2. The van der Waals surface area contributed by atoms with Crippen LogP contribution in [0.3, 0.4) is 0 Å². The van der Waals surface area contributed by atoms with E-state index in [-0.39, 0.29) is 16.4 Å². The molecule has 0 bridgehead atoms. The van der Waals surface area contributed by atoms with Gasteiger partial charge in [-0.3, -0.25) is 4.28 Å². The van der Waals surface area contributed by atoms with E-state index < -0.39 is 42.6 Å². The van der Waals surface area contributed by atoms with Gasteiger partial charge >= 0.3 is 26.4 Å². The fourth-order valence-electron chi connectivity index (χ4n) is 2.73. The number of benzene rings is 3. The Bertz CT molecular complexity index is 1440. The van der Waals surface area contributed by atoms with Crippen molar-refractivity contribution in [3.8, 4) is 17.2 Å². The van der Waals surface area contributed by atoms with Gasteiger partial charge in [0.15, 0.2) is 5.71 Å². The molecule has 14 heteroatoms. The summed E-state index contributed by atoms with van der Waals surface area (Å²) in [6.45, 7) is 0. The Morgan fingerprint density at radius 1 is 0.667 bits per heavy atom. The van der Waals surface area contributed by atoms with Crippen LogP contribution in [0.15, 0.2) is 87.7 Å². The second kappa shape index (κ2) is 10.5. The largest absolute Gasteiger partial charge is 0.497 e. The molecule has 0 radical (unpaired) electrons. The molecule has 192 valence electrons. The fourth-order valence-corrected chi connectivity index (χ4v) is 4.38. The van der Waals surface area contributed by atoms with Gasteiger partial charge < -0.3 is 13.7 Å². The number of rotatable bonds is 9. The molecule has 3 aromatic rings. The summed E-state index contributed by atoms with van der Waals surface area (Å²) in [5.41, 5.74) is -2.04. The molecule has 3 aromatic carbocycles. The lowest BCUT2D eigenvalue weighted by Gasteiger charge is -2.11. The zero-order valence-electron chi connectivity index (χ0n) is 18.6. The van der Waals surface area contributed by atoms with Gasteiger partial charge in [-0.25, -0.2) is 0 Å². The van der Waals surface area contributed by atoms with Gasteiger partial charge in [-0.2, -0.15) is 30.0 Å². The van der Waals surface area contributed by atoms with Crippen molar-refractivity contribution < 1.29 is 47.9 Å². The highest BCUT2D eigenvalue weighted by Gasteiger charge is 2.38. The second-order valence-electron chi connectivity index (χ2n) is 6.88. The number of ether oxygens (including phenoxy) is 2. The van der Waals surface area contributed by atoms with Gasteiger partial charge in [-0.15, -0.1) is 0 Å². The molecular weight excluding hydrogens is 527 g/mol. The maximum Gasteiger partial charge on any atom is 0.437 e. The molecule has 36 heavy (non-hydrogen) atoms. The smallest absolute Gasteiger partial charge is 0.437 e. The topological polar surface area (TPSA) is 118 Å². The highest BCUT2D eigenvalue weighted by molar-refractivity contribution is 7.87. The molecule has 9 nitrogen and oxygen atoms in total. The van der Waals surface area contributed by atoms with E-state index >= 15 is 0 Å². The third-order valence-corrected chi connectivity index (χ3v) is 6.91. The van der Waals surface area contributed by atoms with E-state index in [0.717, 1.165) is 36.4 Å². The number of hydrogen-bond acceptors (Lipinski definition) is 9. The molecule has 0 amide bonds. The van der Waals surface area contributed by atoms with E-state index in [0.29, 0.717) is 5.75 Å². The lowest BCUT2D eigenvalue weighted by atomic mass is 10.1. The van der Waals surface area contributed by atoms with Crippen LogP contribution in [0.25, 0.3) is 0 Å². The molecule has 0 heterocycles. The van der Waals surface area contributed by atoms with Crippen molar-refractivity contribution >= 4 is 25.9 Å². The normalized spacial score (nSPS) is 12.6. The summed E-state index contributed by atoms with van der Waals surface area (Å²) >= 11 is 0. The summed E-state index contributed by atoms with van der Waals surface area (Å²) < 4.78 is 109. The molecule has 0 fully saturated rings. The number of oxime groups is 1. The molecule has 0 N–H and O–H groups in total. The van der Waals surface area contributed by atoms with Crippen LogP contribution in [0.2, 0.25) is 0 Å². The minimum atomic E-state index is -5.03. The van der Waals surface area contributed by atoms with Gasteiger partial charge in [0.25, 0.3) is 0 Å². The Morgan fingerprint density at radius 3 is 1.53 bits per heavy atom. The Kier molecular flexibility index (Phi) is 7.79. The first kappa shape index (κ1) is 26.8. The average molecular weight is 546 g/mol. The molecular formula is C22H18F3NO8S2. The first-order chi connectivity index (χ1) is 16.9. The summed E-state index contributed by atoms with van der Waals surface area (Å²) in [7, 11) is -6.30. The summed E-state index contributed by atoms with van der Waals surface area (Å²) in [5.74, 6) is 0.458. The first-order valence-corrected chi connectivity index (χ1v) is 12.6. The van der Waals surface area contributed by atoms with Crippen LogP contribution in [0.4, 0.5) is 13.2 Å². The van der Waals surface area contributed by atoms with Crippen molar-refractivity contribution in [2.45, 2.75) is 16.0 Å². The third-order valence-electron chi connectivity index (χ3n) is 4.53. The number of alkyl halides is 3. The minimum Gasteiger partial charge on any atom is -0.497 e. The Hall–Kier alpha value is -3.78. The number of halogens is 3. The van der Waals surface area contributed by atoms with Crippen LogP contribution in [-0.4, -0.2) is 42.9 Å². The molecule has 0 unspecified atom stereocenters. The predicted octanol–water partition coefficient (Wildman–Crippen LogP) is 4.14. The molecule has 3 rings (SSSR count). The monoisotopic (exact) mass is 545 g/mol. The third kappa shape index (κ3) is 6.46. The van der Waals surface area contributed by atoms with Crippen LogP contribution in [0, 0.1) is 0 Å². The standard InChI is InChI=1S/C22H18F3NO8S2/c1-31-16-5-3-15(4-6-16)21(22(23,24)25)26-34-36(29,30)20-13-9-18(10-14-20)33-35(27,28)19-11-7-17(32-2)8-12-19/h3-14H,1-2H3/b26-21-. The zero-order valence-corrected chi connectivity index (χ0v) is 20.2. The molecule has 0 saturated carbocycles. The van der Waals surface area contributed by atoms with E-state index in [1.54, 1.807) is 0 Å². The van der Waals surface area contributed by atoms with E-state index in [1.165, 1.54) is 50.6 Å². The van der Waals surface area contributed by atoms with E-state index in [2.05, 4.69) is 9.44 Å². The summed E-state index contributed by atoms with van der Waals surface area (Å²) in [6, 6.07) is 13.6. The summed E-state index contributed by atoms with van der Waals surface area (Å²) in [4.78, 5) is -0.771. The molecule has 0 aliphatic rings. The van der Waals surface area contributed by atoms with Crippen LogP contribution in [-0.2, 0) is 24.5 Å². The SMILES string of the molecule is COc1ccc(/C(=N/OS(=O)(=O)c2ccc(OS(=O)(=O)c3ccc(OC)cc3)cc2)C(F)(F)F)cc1. The van der Waals surface area contributed by atoms with E-state index in [1.807, 2.05) is 0 Å². The quantitative estimate of drug-likeness (QED) is 0.224. The molecule has 0 spiro atoms. The fraction of sp³-hybridized carbons (Fsp3) is 0.136. The van der Waals surface area contributed by atoms with Crippen LogP contribution in [0.1, 0.15) is 5.56 Å². The van der Waals surface area contributed by atoms with Crippen molar-refractivity contribution in [3.05, 3.63) is 78.4 Å². The van der Waals surface area contributed by atoms with Gasteiger partial charge in [0.2, 0.25) is 0 Å². The van der Waals surface area contributed by atoms with E-state index in [9.17, 15) is 30.0 Å². The minimum absolute atomic E-state index is 0.184. The maximum atomic E-state index is 13.4. The average Bonchev–Trinajstić information content (AvgIpc) is 2.84.